The predicted molar refractivity (Wildman–Crippen MR) is 278 cm³/mol. The summed E-state index contributed by atoms with van der Waals surface area (Å²) in [7, 11) is 2.28. The van der Waals surface area contributed by atoms with E-state index in [9.17, 15) is 19.8 Å². The van der Waals surface area contributed by atoms with Gasteiger partial charge in [0.2, 0.25) is 11.8 Å². The van der Waals surface area contributed by atoms with Crippen LogP contribution < -0.4 is 20.3 Å². The minimum atomic E-state index is -2.20. The minimum Gasteiger partial charge on any atom is -0.491 e. The summed E-state index contributed by atoms with van der Waals surface area (Å²) in [5.74, 6) is -0.946. The third-order valence-electron chi connectivity index (χ3n) is 14.3. The molecule has 1 spiro atoms. The number of fused-ring (bicyclic) bond motifs is 3. The van der Waals surface area contributed by atoms with Gasteiger partial charge in [0.1, 0.15) is 29.9 Å². The van der Waals surface area contributed by atoms with Gasteiger partial charge in [0.05, 0.1) is 56.7 Å². The highest BCUT2D eigenvalue weighted by atomic mass is 16.6. The lowest BCUT2D eigenvalue weighted by Gasteiger charge is -2.46. The number of carbonyl (C=O) groups excluding carboxylic acids is 6. The van der Waals surface area contributed by atoms with E-state index in [2.05, 4.69) is 22.5 Å². The molecule has 8 unspecified atom stereocenters. The number of esters is 3. The van der Waals surface area contributed by atoms with E-state index < -0.39 is 89.4 Å². The Morgan fingerprint density at radius 1 is 0.737 bits per heavy atom. The van der Waals surface area contributed by atoms with Crippen molar-refractivity contribution in [3.8, 4) is 17.6 Å². The van der Waals surface area contributed by atoms with E-state index in [0.29, 0.717) is 28.0 Å². The Labute approximate surface area is 439 Å². The van der Waals surface area contributed by atoms with Crippen LogP contribution in [0.5, 0.6) is 5.75 Å². The molecule has 0 radical (unpaired) electrons. The number of methoxy groups -OCH3 is 2. The van der Waals surface area contributed by atoms with Crippen LogP contribution in [0.15, 0.2) is 164 Å². The number of nitrogens with one attached hydrogen (secondary N) is 2. The molecule has 0 saturated carbocycles. The molecule has 0 bridgehead atoms. The molecule has 0 aromatic heterocycles. The van der Waals surface area contributed by atoms with Crippen LogP contribution in [-0.2, 0) is 43.6 Å². The molecule has 0 aliphatic carbocycles. The number of anilines is 1. The van der Waals surface area contributed by atoms with E-state index in [-0.39, 0.29) is 43.0 Å². The zero-order chi connectivity index (χ0) is 53.5. The van der Waals surface area contributed by atoms with Crippen molar-refractivity contribution >= 4 is 41.4 Å². The Morgan fingerprint density at radius 3 is 1.93 bits per heavy atom. The third kappa shape index (κ3) is 9.91. The first-order valence-corrected chi connectivity index (χ1v) is 24.8. The van der Waals surface area contributed by atoms with E-state index in [1.165, 1.54) is 0 Å². The van der Waals surface area contributed by atoms with Gasteiger partial charge < -0.3 is 39.8 Å². The fraction of sp³-hybridized carbons (Fsp3) is 0.267. The minimum absolute atomic E-state index is 0.0141. The Morgan fingerprint density at radius 2 is 1.33 bits per heavy atom. The number of ether oxygens (including phenoxy) is 4. The molecule has 16 nitrogen and oxygen atoms in total. The average Bonchev–Trinajstić information content (AvgIpc) is 4.13. The highest BCUT2D eigenvalue weighted by molar-refractivity contribution is 6.24. The summed E-state index contributed by atoms with van der Waals surface area (Å²) in [5.41, 5.74) is 1.32. The first-order valence-electron chi connectivity index (χ1n) is 24.8. The Hall–Kier alpha value is -8.62. The first-order chi connectivity index (χ1) is 36.9. The number of rotatable bonds is 15. The van der Waals surface area contributed by atoms with Crippen LogP contribution in [0.4, 0.5) is 10.5 Å². The zero-order valence-corrected chi connectivity index (χ0v) is 41.9. The van der Waals surface area contributed by atoms with E-state index in [4.69, 9.17) is 18.9 Å². The van der Waals surface area contributed by atoms with Crippen LogP contribution in [0.25, 0.3) is 0 Å². The normalized spacial score (nSPS) is 21.3. The topological polar surface area (TPSA) is 210 Å². The van der Waals surface area contributed by atoms with Crippen LogP contribution in [0.1, 0.15) is 82.6 Å². The summed E-state index contributed by atoms with van der Waals surface area (Å²) in [6, 6.07) is 42.7. The standard InChI is InChI=1S/C60H56N4O12/c1-37(39-18-8-4-9-19-39)62-59(72)63-47-32-27-38(17-16-26-45(55(68)73-2)56(69)74-3)35-46(47)60(58(63)71)49(54(67)61-36-48(66)40-20-10-5-11-21-40)51-57(70)76-52(42-24-14-7-15-25-42)50(41-22-12-6-13-23-41)64(51)53(60)43-28-30-44(31-29-43)75-34-33-65/h4-15,18-25,27-32,35,37,45,48-53,65-66H,26,33-34,36H2,1-3H3,(H,61,67)(H,62,72). The van der Waals surface area contributed by atoms with E-state index in [0.717, 1.165) is 24.7 Å². The monoisotopic (exact) mass is 1020 g/mol. The lowest BCUT2D eigenvalue weighted by Crippen LogP contribution is -2.56. The molecule has 4 N–H and O–H groups in total. The molecule has 6 aromatic rings. The van der Waals surface area contributed by atoms with Gasteiger partial charge in [-0.2, -0.15) is 0 Å². The summed E-state index contributed by atoms with van der Waals surface area (Å²) < 4.78 is 22.1. The van der Waals surface area contributed by atoms with Gasteiger partial charge in [0.15, 0.2) is 5.92 Å². The smallest absolute Gasteiger partial charge is 0.329 e. The van der Waals surface area contributed by atoms with Crippen molar-refractivity contribution in [2.24, 2.45) is 11.8 Å². The van der Waals surface area contributed by atoms with Crippen molar-refractivity contribution in [3.63, 3.8) is 0 Å². The number of carbonyl (C=O) groups is 6. The molecule has 2 saturated heterocycles. The van der Waals surface area contributed by atoms with Crippen LogP contribution >= 0.6 is 0 Å². The Bertz CT molecular complexity index is 3140. The number of imide groups is 1. The van der Waals surface area contributed by atoms with Crippen LogP contribution in [0, 0.1) is 23.7 Å². The molecular weight excluding hydrogens is 969 g/mol. The second-order valence-electron chi connectivity index (χ2n) is 18.6. The fourth-order valence-electron chi connectivity index (χ4n) is 10.9. The van der Waals surface area contributed by atoms with Crippen LogP contribution in [0.2, 0.25) is 0 Å². The van der Waals surface area contributed by atoms with E-state index >= 15 is 19.2 Å². The number of morpholine rings is 1. The molecule has 9 rings (SSSR count). The lowest BCUT2D eigenvalue weighted by atomic mass is 9.65. The van der Waals surface area contributed by atoms with Crippen molar-refractivity contribution in [3.05, 3.63) is 203 Å². The van der Waals surface area contributed by atoms with Gasteiger partial charge in [0.25, 0.3) is 0 Å². The fourth-order valence-corrected chi connectivity index (χ4v) is 10.9. The zero-order valence-electron chi connectivity index (χ0n) is 41.9. The first kappa shape index (κ1) is 52.3. The number of aliphatic hydroxyl groups excluding tert-OH is 2. The van der Waals surface area contributed by atoms with E-state index in [1.54, 1.807) is 79.7 Å². The molecule has 4 amide bonds. The van der Waals surface area contributed by atoms with Crippen molar-refractivity contribution in [2.45, 2.75) is 55.1 Å². The largest absolute Gasteiger partial charge is 0.491 e. The maximum absolute atomic E-state index is 16.8. The van der Waals surface area contributed by atoms with Crippen LogP contribution in [-0.4, -0.2) is 90.9 Å². The number of cyclic esters (lactones) is 1. The summed E-state index contributed by atoms with van der Waals surface area (Å²) in [6.07, 6.45) is -2.53. The number of benzene rings is 6. The summed E-state index contributed by atoms with van der Waals surface area (Å²) >= 11 is 0. The van der Waals surface area contributed by atoms with Gasteiger partial charge >= 0.3 is 23.9 Å². The number of amides is 4. The quantitative estimate of drug-likeness (QED) is 0.0364. The number of nitrogens with zero attached hydrogens (tertiary/aromatic N) is 2. The number of urea groups is 1. The van der Waals surface area contributed by atoms with Crippen molar-refractivity contribution in [1.82, 2.24) is 15.5 Å². The van der Waals surface area contributed by atoms with Gasteiger partial charge in [0, 0.05) is 18.5 Å². The summed E-state index contributed by atoms with van der Waals surface area (Å²) in [4.78, 5) is 91.7. The van der Waals surface area contributed by atoms with Crippen molar-refractivity contribution < 1.29 is 57.9 Å². The van der Waals surface area contributed by atoms with Gasteiger partial charge in [-0.1, -0.05) is 145 Å². The number of hydrogen-bond donors (Lipinski definition) is 4. The highest BCUT2D eigenvalue weighted by Crippen LogP contribution is 2.66. The third-order valence-corrected chi connectivity index (χ3v) is 14.3. The molecule has 16 heteroatoms. The number of hydrogen-bond acceptors (Lipinski definition) is 13. The second kappa shape index (κ2) is 22.9. The van der Waals surface area contributed by atoms with Gasteiger partial charge in [-0.3, -0.25) is 28.9 Å². The van der Waals surface area contributed by atoms with Crippen LogP contribution in [0.3, 0.4) is 0 Å². The molecule has 388 valence electrons. The molecule has 2 fully saturated rings. The van der Waals surface area contributed by atoms with Crippen molar-refractivity contribution in [1.29, 1.82) is 0 Å². The molecule has 8 atom stereocenters. The maximum Gasteiger partial charge on any atom is 0.329 e. The predicted octanol–water partition coefficient (Wildman–Crippen LogP) is 6.75. The maximum atomic E-state index is 16.8. The SMILES string of the molecule is COC(=O)C(CC#Cc1ccc2c(c1)C1(C(=O)N2C(=O)NC(C)c2ccccc2)C(C(=O)NCC(O)c2ccccc2)C2C(=O)OC(c3ccccc3)C(c3ccccc3)N2C1c1ccc(OCCO)cc1)C(=O)OC. The molecular formula is C60H56N4O12. The lowest BCUT2D eigenvalue weighted by molar-refractivity contribution is -0.178. The summed E-state index contributed by atoms with van der Waals surface area (Å²) in [5, 5.41) is 27.1. The molecule has 6 aromatic carbocycles. The highest BCUT2D eigenvalue weighted by Gasteiger charge is 2.75. The second-order valence-corrected chi connectivity index (χ2v) is 18.6. The molecule has 3 aliphatic rings. The van der Waals surface area contributed by atoms with Gasteiger partial charge in [-0.05, 0) is 70.6 Å². The van der Waals surface area contributed by atoms with Gasteiger partial charge in [-0.25, -0.2) is 9.69 Å². The summed E-state index contributed by atoms with van der Waals surface area (Å²) in [6.45, 7) is 1.17. The average molecular weight is 1030 g/mol. The molecule has 76 heavy (non-hydrogen) atoms. The van der Waals surface area contributed by atoms with Gasteiger partial charge in [-0.15, -0.1) is 0 Å². The Balaban J connectivity index is 1.32. The molecule has 3 aliphatic heterocycles. The Kier molecular flexibility index (Phi) is 15.7. The van der Waals surface area contributed by atoms with E-state index in [1.807, 2.05) is 95.9 Å². The van der Waals surface area contributed by atoms with Crippen molar-refractivity contribution in [2.75, 3.05) is 38.9 Å². The number of aliphatic hydroxyl groups is 2. The molecule has 3 heterocycles.